The Labute approximate surface area is 130 Å². The van der Waals surface area contributed by atoms with E-state index in [0.29, 0.717) is 18.4 Å². The zero-order chi connectivity index (χ0) is 16.3. The topological polar surface area (TPSA) is 80.8 Å². The Morgan fingerprint density at radius 2 is 1.82 bits per heavy atom. The maximum atomic E-state index is 12.7. The molecule has 0 aromatic heterocycles. The van der Waals surface area contributed by atoms with Crippen LogP contribution >= 0.6 is 0 Å². The van der Waals surface area contributed by atoms with Crippen LogP contribution in [0.15, 0.2) is 29.2 Å². The Kier molecular flexibility index (Phi) is 4.97. The number of Topliss-reactive ketones (excluding diaryl/α,β-unsaturated/α-hetero) is 1. The number of hydrogen-bond acceptors (Lipinski definition) is 5. The van der Waals surface area contributed by atoms with E-state index in [9.17, 15) is 18.0 Å². The van der Waals surface area contributed by atoms with E-state index in [4.69, 9.17) is 4.74 Å². The van der Waals surface area contributed by atoms with Gasteiger partial charge in [-0.3, -0.25) is 9.59 Å². The SMILES string of the molecule is COC(=O)C1CCCCN1S(=O)(=O)c1ccc(C(C)=O)cc1. The lowest BCUT2D eigenvalue weighted by Crippen LogP contribution is -2.48. The summed E-state index contributed by atoms with van der Waals surface area (Å²) in [5.41, 5.74) is 0.446. The Bertz CT molecular complexity index is 666. The van der Waals surface area contributed by atoms with Crippen LogP contribution in [0.5, 0.6) is 0 Å². The molecular formula is C15H19NO5S. The number of benzene rings is 1. The van der Waals surface area contributed by atoms with Crippen molar-refractivity contribution in [3.8, 4) is 0 Å². The van der Waals surface area contributed by atoms with E-state index >= 15 is 0 Å². The molecule has 0 radical (unpaired) electrons. The van der Waals surface area contributed by atoms with Gasteiger partial charge in [0.05, 0.1) is 12.0 Å². The lowest BCUT2D eigenvalue weighted by atomic mass is 10.1. The van der Waals surface area contributed by atoms with Crippen molar-refractivity contribution in [2.45, 2.75) is 37.1 Å². The van der Waals surface area contributed by atoms with Crippen LogP contribution in [0.25, 0.3) is 0 Å². The molecule has 0 spiro atoms. The van der Waals surface area contributed by atoms with Gasteiger partial charge >= 0.3 is 5.97 Å². The third-order valence-electron chi connectivity index (χ3n) is 3.79. The second-order valence-electron chi connectivity index (χ2n) is 5.23. The summed E-state index contributed by atoms with van der Waals surface area (Å²) in [5, 5.41) is 0. The van der Waals surface area contributed by atoms with E-state index in [0.717, 1.165) is 6.42 Å². The van der Waals surface area contributed by atoms with E-state index in [1.807, 2.05) is 0 Å². The average molecular weight is 325 g/mol. The minimum absolute atomic E-state index is 0.0771. The highest BCUT2D eigenvalue weighted by molar-refractivity contribution is 7.89. The number of piperidine rings is 1. The van der Waals surface area contributed by atoms with Crippen molar-refractivity contribution in [1.82, 2.24) is 4.31 Å². The number of carbonyl (C=O) groups excluding carboxylic acids is 2. The molecular weight excluding hydrogens is 306 g/mol. The molecule has 1 aromatic carbocycles. The van der Waals surface area contributed by atoms with Crippen LogP contribution in [0.3, 0.4) is 0 Å². The summed E-state index contributed by atoms with van der Waals surface area (Å²) in [6.45, 7) is 1.71. The zero-order valence-electron chi connectivity index (χ0n) is 12.6. The molecule has 22 heavy (non-hydrogen) atoms. The van der Waals surface area contributed by atoms with Crippen LogP contribution in [0.2, 0.25) is 0 Å². The Morgan fingerprint density at radius 3 is 2.36 bits per heavy atom. The largest absolute Gasteiger partial charge is 0.468 e. The maximum Gasteiger partial charge on any atom is 0.324 e. The summed E-state index contributed by atoms with van der Waals surface area (Å²) in [5.74, 6) is -0.669. The van der Waals surface area contributed by atoms with Gasteiger partial charge in [-0.25, -0.2) is 8.42 Å². The first-order chi connectivity index (χ1) is 10.4. The number of sulfonamides is 1. The Morgan fingerprint density at radius 1 is 1.18 bits per heavy atom. The number of carbonyl (C=O) groups is 2. The van der Waals surface area contributed by atoms with Gasteiger partial charge in [0.1, 0.15) is 6.04 Å². The zero-order valence-corrected chi connectivity index (χ0v) is 13.4. The van der Waals surface area contributed by atoms with Crippen molar-refractivity contribution in [3.63, 3.8) is 0 Å². The lowest BCUT2D eigenvalue weighted by Gasteiger charge is -2.32. The highest BCUT2D eigenvalue weighted by atomic mass is 32.2. The van der Waals surface area contributed by atoms with E-state index in [-0.39, 0.29) is 17.2 Å². The van der Waals surface area contributed by atoms with Gasteiger partial charge in [0.25, 0.3) is 0 Å². The maximum absolute atomic E-state index is 12.7. The van der Waals surface area contributed by atoms with Crippen molar-refractivity contribution in [3.05, 3.63) is 29.8 Å². The highest BCUT2D eigenvalue weighted by Crippen LogP contribution is 2.26. The fourth-order valence-corrected chi connectivity index (χ4v) is 4.21. The van der Waals surface area contributed by atoms with Crippen molar-refractivity contribution in [2.24, 2.45) is 0 Å². The molecule has 1 atom stereocenters. The Balaban J connectivity index is 2.34. The summed E-state index contributed by atoms with van der Waals surface area (Å²) >= 11 is 0. The monoisotopic (exact) mass is 325 g/mol. The predicted octanol–water partition coefficient (Wildman–Crippen LogP) is 1.61. The van der Waals surface area contributed by atoms with E-state index in [2.05, 4.69) is 0 Å². The van der Waals surface area contributed by atoms with Crippen LogP contribution in [-0.2, 0) is 19.6 Å². The summed E-state index contributed by atoms with van der Waals surface area (Å²) in [6, 6.07) is 4.97. The molecule has 1 fully saturated rings. The van der Waals surface area contributed by atoms with Gasteiger partial charge in [0.15, 0.2) is 5.78 Å². The van der Waals surface area contributed by atoms with Gasteiger partial charge in [-0.15, -0.1) is 0 Å². The van der Waals surface area contributed by atoms with Crippen LogP contribution in [0, 0.1) is 0 Å². The minimum atomic E-state index is -3.79. The second kappa shape index (κ2) is 6.58. The Hall–Kier alpha value is -1.73. The summed E-state index contributed by atoms with van der Waals surface area (Å²) in [6.07, 6.45) is 1.95. The summed E-state index contributed by atoms with van der Waals surface area (Å²) < 4.78 is 31.4. The minimum Gasteiger partial charge on any atom is -0.468 e. The molecule has 1 aliphatic heterocycles. The predicted molar refractivity (Wildman–Crippen MR) is 80.0 cm³/mol. The van der Waals surface area contributed by atoms with E-state index in [1.165, 1.54) is 42.6 Å². The van der Waals surface area contributed by atoms with Crippen LogP contribution in [0.1, 0.15) is 36.5 Å². The van der Waals surface area contributed by atoms with Crippen molar-refractivity contribution < 1.29 is 22.7 Å². The second-order valence-corrected chi connectivity index (χ2v) is 7.12. The molecule has 1 heterocycles. The summed E-state index contributed by atoms with van der Waals surface area (Å²) in [4.78, 5) is 23.2. The normalized spacial score (nSPS) is 19.6. The molecule has 1 unspecified atom stereocenters. The number of nitrogens with zero attached hydrogens (tertiary/aromatic N) is 1. The van der Waals surface area contributed by atoms with Crippen LogP contribution < -0.4 is 0 Å². The first-order valence-corrected chi connectivity index (χ1v) is 8.52. The van der Waals surface area contributed by atoms with Gasteiger partial charge in [0, 0.05) is 12.1 Å². The summed E-state index contributed by atoms with van der Waals surface area (Å²) in [7, 11) is -2.53. The number of methoxy groups -OCH3 is 1. The van der Waals surface area contributed by atoms with Gasteiger partial charge in [-0.2, -0.15) is 4.31 Å². The molecule has 0 bridgehead atoms. The first kappa shape index (κ1) is 16.6. The molecule has 2 rings (SSSR count). The highest BCUT2D eigenvalue weighted by Gasteiger charge is 2.38. The van der Waals surface area contributed by atoms with Gasteiger partial charge in [0.2, 0.25) is 10.0 Å². The molecule has 1 aliphatic rings. The van der Waals surface area contributed by atoms with E-state index < -0.39 is 22.0 Å². The smallest absolute Gasteiger partial charge is 0.324 e. The molecule has 6 nitrogen and oxygen atoms in total. The lowest BCUT2D eigenvalue weighted by molar-refractivity contribution is -0.146. The molecule has 1 aromatic rings. The number of rotatable bonds is 4. The number of ether oxygens (including phenoxy) is 1. The van der Waals surface area contributed by atoms with Gasteiger partial charge in [-0.05, 0) is 38.3 Å². The number of esters is 1. The van der Waals surface area contributed by atoms with Crippen LogP contribution in [0.4, 0.5) is 0 Å². The third kappa shape index (κ3) is 3.20. The molecule has 0 saturated carbocycles. The fourth-order valence-electron chi connectivity index (χ4n) is 2.56. The fraction of sp³-hybridized carbons (Fsp3) is 0.467. The average Bonchev–Trinajstić information content (AvgIpc) is 2.54. The van der Waals surface area contributed by atoms with Crippen molar-refractivity contribution in [1.29, 1.82) is 0 Å². The molecule has 0 aliphatic carbocycles. The standard InChI is InChI=1S/C15H19NO5S/c1-11(17)12-6-8-13(9-7-12)22(19,20)16-10-4-3-5-14(16)15(18)21-2/h6-9,14H,3-5,10H2,1-2H3. The van der Waals surface area contributed by atoms with Gasteiger partial charge < -0.3 is 4.74 Å². The first-order valence-electron chi connectivity index (χ1n) is 7.08. The number of ketones is 1. The van der Waals surface area contributed by atoms with Crippen molar-refractivity contribution in [2.75, 3.05) is 13.7 Å². The molecule has 7 heteroatoms. The number of hydrogen-bond donors (Lipinski definition) is 0. The van der Waals surface area contributed by atoms with E-state index in [1.54, 1.807) is 0 Å². The van der Waals surface area contributed by atoms with Crippen molar-refractivity contribution >= 4 is 21.8 Å². The molecule has 1 saturated heterocycles. The molecule has 120 valence electrons. The molecule has 0 N–H and O–H groups in total. The van der Waals surface area contributed by atoms with Crippen LogP contribution in [-0.4, -0.2) is 44.2 Å². The molecule has 0 amide bonds. The van der Waals surface area contributed by atoms with Gasteiger partial charge in [-0.1, -0.05) is 12.1 Å². The quantitative estimate of drug-likeness (QED) is 0.620. The third-order valence-corrected chi connectivity index (χ3v) is 5.72.